The first-order valence-electron chi connectivity index (χ1n) is 26.0. The summed E-state index contributed by atoms with van der Waals surface area (Å²) in [5.74, 6) is -5.80. The summed E-state index contributed by atoms with van der Waals surface area (Å²) in [5, 5.41) is 31.2. The van der Waals surface area contributed by atoms with E-state index in [1.807, 2.05) is 37.3 Å². The maximum Gasteiger partial charge on any atom is 0.329 e. The van der Waals surface area contributed by atoms with Gasteiger partial charge in [-0.25, -0.2) is 22.4 Å². The number of nitrogens with one attached hydrogen (secondary N) is 2. The Hall–Kier alpha value is -6.32. The van der Waals surface area contributed by atoms with Gasteiger partial charge in [0.15, 0.2) is 28.8 Å². The summed E-state index contributed by atoms with van der Waals surface area (Å²) in [6.45, 7) is 4.48. The number of ether oxygens (including phenoxy) is 2. The Morgan fingerprint density at radius 2 is 1.63 bits per heavy atom. The van der Waals surface area contributed by atoms with Crippen molar-refractivity contribution in [3.63, 3.8) is 0 Å². The smallest absolute Gasteiger partial charge is 0.329 e. The Balaban J connectivity index is 0.751. The summed E-state index contributed by atoms with van der Waals surface area (Å²) in [6, 6.07) is 13.3. The van der Waals surface area contributed by atoms with Gasteiger partial charge in [0.25, 0.3) is 5.91 Å². The zero-order valence-corrected chi connectivity index (χ0v) is 43.0. The van der Waals surface area contributed by atoms with Crippen LogP contribution in [0.1, 0.15) is 104 Å². The molecule has 5 aromatic rings. The molecule has 5 heterocycles. The molecule has 4 aliphatic heterocycles. The minimum atomic E-state index is -1.55. The third-order valence-electron chi connectivity index (χ3n) is 16.5. The molecule has 21 heteroatoms. The van der Waals surface area contributed by atoms with Crippen LogP contribution >= 0.6 is 11.6 Å². The average Bonchev–Trinajstić information content (AvgIpc) is 3.94. The Kier molecular flexibility index (Phi) is 14.8. The van der Waals surface area contributed by atoms with E-state index in [1.54, 1.807) is 11.9 Å². The van der Waals surface area contributed by atoms with E-state index >= 15 is 17.6 Å². The number of piperidine rings is 2. The molecule has 6 N–H and O–H groups in total. The highest BCUT2D eigenvalue weighted by molar-refractivity contribution is 6.34. The summed E-state index contributed by atoms with van der Waals surface area (Å²) < 4.78 is 78.0. The van der Waals surface area contributed by atoms with E-state index in [9.17, 15) is 29.4 Å². The number of hydrogen-bond acceptors (Lipinski definition) is 11. The zero-order chi connectivity index (χ0) is 53.8. The first-order chi connectivity index (χ1) is 36.4. The number of aryl methyl sites for hydroxylation is 1. The number of nitrogens with zero attached hydrogens (tertiary/aromatic N) is 5. The molecule has 5 amide bonds. The molecule has 0 unspecified atom stereocenters. The number of carbonyl (C=O) groups is 4. The number of benzene rings is 4. The Labute approximate surface area is 441 Å². The predicted octanol–water partition coefficient (Wildman–Crippen LogP) is 7.14. The lowest BCUT2D eigenvalue weighted by Crippen LogP contribution is -2.55. The van der Waals surface area contributed by atoms with Gasteiger partial charge < -0.3 is 40.5 Å². The summed E-state index contributed by atoms with van der Waals surface area (Å²) in [5.41, 5.74) is 3.47. The number of primary amides is 1. The number of nitrogens with two attached hydrogens (primary N) is 1. The maximum absolute atomic E-state index is 16.5. The van der Waals surface area contributed by atoms with Crippen molar-refractivity contribution >= 4 is 52.1 Å². The summed E-state index contributed by atoms with van der Waals surface area (Å²) in [4.78, 5) is 56.4. The van der Waals surface area contributed by atoms with Gasteiger partial charge in [0, 0.05) is 86.5 Å². The fourth-order valence-electron chi connectivity index (χ4n) is 12.4. The number of urea groups is 1. The van der Waals surface area contributed by atoms with Crippen molar-refractivity contribution in [3.05, 3.63) is 105 Å². The second kappa shape index (κ2) is 21.2. The molecule has 4 fully saturated rings. The molecule has 4 aromatic carbocycles. The number of aliphatic hydroxyl groups is 2. The van der Waals surface area contributed by atoms with E-state index in [0.717, 1.165) is 31.0 Å². The number of aliphatic hydroxyl groups excluding tert-OH is 1. The van der Waals surface area contributed by atoms with Crippen LogP contribution in [0.2, 0.25) is 5.02 Å². The van der Waals surface area contributed by atoms with E-state index in [-0.39, 0.29) is 107 Å². The lowest BCUT2D eigenvalue weighted by atomic mass is 9.76. The van der Waals surface area contributed by atoms with Crippen molar-refractivity contribution in [3.8, 4) is 22.6 Å². The molecule has 1 aliphatic carbocycles. The second-order valence-corrected chi connectivity index (χ2v) is 21.3. The van der Waals surface area contributed by atoms with Gasteiger partial charge in [0.1, 0.15) is 35.1 Å². The quantitative estimate of drug-likeness (QED) is 0.0708. The van der Waals surface area contributed by atoms with E-state index in [2.05, 4.69) is 20.6 Å². The molecule has 3 saturated heterocycles. The molecule has 10 rings (SSSR count). The number of aromatic nitrogens is 2. The van der Waals surface area contributed by atoms with E-state index in [4.69, 9.17) is 26.8 Å². The number of halogens is 5. The summed E-state index contributed by atoms with van der Waals surface area (Å²) in [7, 11) is 1.54. The Morgan fingerprint density at radius 1 is 0.921 bits per heavy atom. The van der Waals surface area contributed by atoms with Crippen LogP contribution in [0.25, 0.3) is 22.0 Å². The van der Waals surface area contributed by atoms with Crippen molar-refractivity contribution in [1.29, 1.82) is 0 Å². The molecule has 1 aromatic heterocycles. The van der Waals surface area contributed by atoms with Crippen molar-refractivity contribution in [2.45, 2.75) is 93.8 Å². The average molecular weight is 1070 g/mol. The van der Waals surface area contributed by atoms with Crippen LogP contribution in [0, 0.1) is 29.2 Å². The number of likely N-dealkylation sites (tertiary alicyclic amines) is 2. The normalized spacial score (nSPS) is 23.7. The number of imide groups is 1. The molecule has 0 bridgehead atoms. The SMILES string of the molecule is C[C@H]1c2c(cc(F)c(Cl)c2-c2c(C(N)=O)ccc(OCCO)c2F)O[C@]1(CNC1CCC(O)(C(=O)N2CCC(CN3CCC(c4c(F)cc5c(N6CCC(=O)NC6=O)nn(C)c5c4F)CC3)CC2)CC1)c1ccccc1. The van der Waals surface area contributed by atoms with Gasteiger partial charge in [-0.3, -0.25) is 29.3 Å². The van der Waals surface area contributed by atoms with Crippen molar-refractivity contribution < 1.29 is 56.4 Å². The monoisotopic (exact) mass is 1070 g/mol. The van der Waals surface area contributed by atoms with Crippen LogP contribution in [0.5, 0.6) is 11.5 Å². The highest BCUT2D eigenvalue weighted by Crippen LogP contribution is 2.57. The van der Waals surface area contributed by atoms with Crippen LogP contribution < -0.4 is 30.7 Å². The van der Waals surface area contributed by atoms with Crippen LogP contribution in [0.3, 0.4) is 0 Å². The number of fused-ring (bicyclic) bond motifs is 2. The van der Waals surface area contributed by atoms with Gasteiger partial charge in [0.05, 0.1) is 22.6 Å². The van der Waals surface area contributed by atoms with Crippen molar-refractivity contribution in [1.82, 2.24) is 30.2 Å². The lowest BCUT2D eigenvalue weighted by Gasteiger charge is -2.42. The maximum atomic E-state index is 16.5. The second-order valence-electron chi connectivity index (χ2n) is 21.0. The zero-order valence-electron chi connectivity index (χ0n) is 42.3. The number of anilines is 1. The lowest BCUT2D eigenvalue weighted by molar-refractivity contribution is -0.156. The molecule has 404 valence electrons. The predicted molar refractivity (Wildman–Crippen MR) is 274 cm³/mol. The van der Waals surface area contributed by atoms with Crippen molar-refractivity contribution in [2.24, 2.45) is 18.7 Å². The van der Waals surface area contributed by atoms with Crippen LogP contribution in [0.15, 0.2) is 54.6 Å². The number of amides is 5. The third kappa shape index (κ3) is 9.64. The minimum Gasteiger partial charge on any atom is -0.488 e. The summed E-state index contributed by atoms with van der Waals surface area (Å²) >= 11 is 6.71. The minimum absolute atomic E-state index is 0.0125. The first kappa shape index (κ1) is 53.1. The van der Waals surface area contributed by atoms with E-state index in [1.165, 1.54) is 27.8 Å². The van der Waals surface area contributed by atoms with Crippen LogP contribution in [-0.2, 0) is 22.2 Å². The molecular formula is C55H61ClF4N8O8. The standard InChI is InChI=1S/C55H61ClF4N8O8/c1-30-42-40(27-38(58)46(56)45(42)44-35(50(61)71)8-9-39(47(44)59)75-25-24-69)76-55(30,33-6-4-3-5-7-33)29-62-34-10-17-54(74,18-11-34)52(72)67-21-12-31(13-22-67)28-66-19-14-32(15-20-66)43-37(57)26-36-49(48(43)60)65(2)64-51(36)68-23-16-41(70)63-53(68)73/h3-9,26-27,30-32,34,62,69,74H,10-25,28-29H2,1-2H3,(H2,61,71)(H,63,70,73)/t30-,34?,54?,55-/m0/s1. The molecular weight excluding hydrogens is 1010 g/mol. The fraction of sp³-hybridized carbons (Fsp3) is 0.473. The number of rotatable bonds is 14. The highest BCUT2D eigenvalue weighted by Gasteiger charge is 2.51. The summed E-state index contributed by atoms with van der Waals surface area (Å²) in [6.07, 6.45) is 3.99. The van der Waals surface area contributed by atoms with Gasteiger partial charge in [-0.2, -0.15) is 5.10 Å². The number of carbonyl (C=O) groups excluding carboxylic acids is 4. The molecule has 76 heavy (non-hydrogen) atoms. The molecule has 5 aliphatic rings. The van der Waals surface area contributed by atoms with Crippen molar-refractivity contribution in [2.75, 3.05) is 63.9 Å². The van der Waals surface area contributed by atoms with Crippen LogP contribution in [0.4, 0.5) is 28.2 Å². The topological polar surface area (TPSA) is 205 Å². The Morgan fingerprint density at radius 3 is 2.30 bits per heavy atom. The van der Waals surface area contributed by atoms with Crippen LogP contribution in [-0.4, -0.2) is 124 Å². The van der Waals surface area contributed by atoms with Gasteiger partial charge in [-0.05, 0) is 100 Å². The Bertz CT molecular complexity index is 3090. The molecule has 16 nitrogen and oxygen atoms in total. The molecule has 0 radical (unpaired) electrons. The number of hydrogen-bond donors (Lipinski definition) is 5. The van der Waals surface area contributed by atoms with Gasteiger partial charge in [0.2, 0.25) is 11.8 Å². The molecule has 0 spiro atoms. The highest BCUT2D eigenvalue weighted by atomic mass is 35.5. The largest absolute Gasteiger partial charge is 0.488 e. The molecule has 2 atom stereocenters. The third-order valence-corrected chi connectivity index (χ3v) is 16.9. The molecule has 1 saturated carbocycles. The fourth-order valence-corrected chi connectivity index (χ4v) is 12.6. The van der Waals surface area contributed by atoms with Gasteiger partial charge in [-0.1, -0.05) is 48.9 Å². The first-order valence-corrected chi connectivity index (χ1v) is 26.4. The van der Waals surface area contributed by atoms with E-state index in [0.29, 0.717) is 63.3 Å². The van der Waals surface area contributed by atoms with Gasteiger partial charge in [-0.15, -0.1) is 0 Å². The van der Waals surface area contributed by atoms with E-state index < -0.39 is 69.9 Å². The van der Waals surface area contributed by atoms with Gasteiger partial charge >= 0.3 is 6.03 Å².